The Balaban J connectivity index is 1.86. The molecule has 0 aliphatic carbocycles. The summed E-state index contributed by atoms with van der Waals surface area (Å²) in [6.45, 7) is 1.51. The van der Waals surface area contributed by atoms with Gasteiger partial charge < -0.3 is 8.83 Å². The number of benzene rings is 1. The highest BCUT2D eigenvalue weighted by molar-refractivity contribution is 9.10. The van der Waals surface area contributed by atoms with E-state index >= 15 is 0 Å². The van der Waals surface area contributed by atoms with E-state index in [4.69, 9.17) is 8.83 Å². The Morgan fingerprint density at radius 2 is 1.92 bits per heavy atom. The van der Waals surface area contributed by atoms with Gasteiger partial charge in [-0.2, -0.15) is 0 Å². The minimum absolute atomic E-state index is 0.00448. The number of carbonyl (C=O) groups excluding carboxylic acids is 1. The van der Waals surface area contributed by atoms with E-state index in [1.54, 1.807) is 24.3 Å². The zero-order valence-electron chi connectivity index (χ0n) is 12.9. The third-order valence-electron chi connectivity index (χ3n) is 3.28. The predicted molar refractivity (Wildman–Crippen MR) is 91.8 cm³/mol. The molecule has 3 aromatic rings. The van der Waals surface area contributed by atoms with Gasteiger partial charge in [-0.1, -0.05) is 24.2 Å². The predicted octanol–water partition coefficient (Wildman–Crippen LogP) is 3.14. The molecule has 2 heterocycles. The topological polar surface area (TPSA) is 115 Å². The number of sulfone groups is 1. The number of nitrogens with one attached hydrogen (secondary N) is 1. The van der Waals surface area contributed by atoms with Crippen LogP contribution in [-0.2, 0) is 9.84 Å². The van der Waals surface area contributed by atoms with E-state index < -0.39 is 15.7 Å². The van der Waals surface area contributed by atoms with E-state index in [1.165, 1.54) is 19.1 Å². The molecule has 8 nitrogen and oxygen atoms in total. The number of hydrogen-bond donors (Lipinski definition) is 1. The van der Waals surface area contributed by atoms with Crippen molar-refractivity contribution >= 4 is 37.7 Å². The fourth-order valence-electron chi connectivity index (χ4n) is 2.05. The van der Waals surface area contributed by atoms with Gasteiger partial charge in [0.05, 0.1) is 16.2 Å². The number of amides is 1. The van der Waals surface area contributed by atoms with Crippen LogP contribution < -0.4 is 5.32 Å². The number of halogens is 1. The number of carbonyl (C=O) groups is 1. The SMILES string of the molecule is CCS(=O)(=O)c1ccccc1C(=O)Nc1nnc(-c2ccc(Br)o2)o1. The summed E-state index contributed by atoms with van der Waals surface area (Å²) < 4.78 is 35.3. The van der Waals surface area contributed by atoms with E-state index in [0.717, 1.165) is 0 Å². The number of anilines is 1. The molecule has 2 aromatic heterocycles. The lowest BCUT2D eigenvalue weighted by molar-refractivity contribution is 0.102. The standard InChI is InChI=1S/C15H12BrN3O5S/c1-2-25(21,22)11-6-4-3-5-9(11)13(20)17-15-19-18-14(24-15)10-7-8-12(16)23-10/h3-8H,2H2,1H3,(H,17,19,20). The minimum atomic E-state index is -3.55. The Labute approximate surface area is 151 Å². The summed E-state index contributed by atoms with van der Waals surface area (Å²) in [5, 5.41) is 9.87. The summed E-state index contributed by atoms with van der Waals surface area (Å²) in [6.07, 6.45) is 0. The molecule has 0 bridgehead atoms. The van der Waals surface area contributed by atoms with Crippen molar-refractivity contribution in [2.24, 2.45) is 0 Å². The van der Waals surface area contributed by atoms with Crippen molar-refractivity contribution in [3.05, 3.63) is 46.6 Å². The summed E-state index contributed by atoms with van der Waals surface area (Å²) >= 11 is 3.16. The molecule has 10 heteroatoms. The molecule has 0 saturated heterocycles. The second kappa shape index (κ2) is 6.81. The van der Waals surface area contributed by atoms with Crippen LogP contribution in [0.1, 0.15) is 17.3 Å². The number of nitrogens with zero attached hydrogens (tertiary/aromatic N) is 2. The maximum absolute atomic E-state index is 12.4. The summed E-state index contributed by atoms with van der Waals surface area (Å²) in [5.74, 6) is -0.372. The van der Waals surface area contributed by atoms with Gasteiger partial charge in [0.2, 0.25) is 0 Å². The van der Waals surface area contributed by atoms with Gasteiger partial charge >= 0.3 is 6.01 Å². The van der Waals surface area contributed by atoms with Gasteiger partial charge in [0.15, 0.2) is 20.3 Å². The fraction of sp³-hybridized carbons (Fsp3) is 0.133. The van der Waals surface area contributed by atoms with Crippen molar-refractivity contribution in [3.63, 3.8) is 0 Å². The normalized spacial score (nSPS) is 11.4. The fourth-order valence-corrected chi connectivity index (χ4v) is 3.45. The second-order valence-corrected chi connectivity index (χ2v) is 7.90. The van der Waals surface area contributed by atoms with Crippen LogP contribution in [0.2, 0.25) is 0 Å². The summed E-state index contributed by atoms with van der Waals surface area (Å²) in [5.41, 5.74) is 0.00448. The highest BCUT2D eigenvalue weighted by atomic mass is 79.9. The Kier molecular flexibility index (Phi) is 4.73. The molecule has 1 amide bonds. The maximum atomic E-state index is 12.4. The van der Waals surface area contributed by atoms with Crippen LogP contribution in [0.15, 0.2) is 54.8 Å². The summed E-state index contributed by atoms with van der Waals surface area (Å²) in [6, 6.07) is 9.03. The number of furan rings is 1. The van der Waals surface area contributed by atoms with Crippen molar-refractivity contribution < 1.29 is 22.0 Å². The van der Waals surface area contributed by atoms with E-state index in [2.05, 4.69) is 31.4 Å². The van der Waals surface area contributed by atoms with Crippen LogP contribution in [0.5, 0.6) is 0 Å². The third-order valence-corrected chi connectivity index (χ3v) is 5.49. The van der Waals surface area contributed by atoms with Gasteiger partial charge in [0.1, 0.15) is 0 Å². The molecule has 0 aliphatic heterocycles. The number of aromatic nitrogens is 2. The molecule has 1 N–H and O–H groups in total. The Morgan fingerprint density at radius 3 is 2.60 bits per heavy atom. The molecule has 0 unspecified atom stereocenters. The lowest BCUT2D eigenvalue weighted by Crippen LogP contribution is -2.17. The van der Waals surface area contributed by atoms with Crippen molar-refractivity contribution in [3.8, 4) is 11.7 Å². The van der Waals surface area contributed by atoms with Crippen LogP contribution in [0.25, 0.3) is 11.7 Å². The molecule has 0 fully saturated rings. The Morgan fingerprint density at radius 1 is 1.16 bits per heavy atom. The van der Waals surface area contributed by atoms with Gasteiger partial charge in [0, 0.05) is 0 Å². The van der Waals surface area contributed by atoms with Crippen molar-refractivity contribution in [2.45, 2.75) is 11.8 Å². The maximum Gasteiger partial charge on any atom is 0.322 e. The molecule has 25 heavy (non-hydrogen) atoms. The van der Waals surface area contributed by atoms with E-state index in [-0.39, 0.29) is 28.1 Å². The van der Waals surface area contributed by atoms with Gasteiger partial charge in [-0.3, -0.25) is 10.1 Å². The molecular formula is C15H12BrN3O5S. The average molecular weight is 426 g/mol. The van der Waals surface area contributed by atoms with Crippen molar-refractivity contribution in [1.82, 2.24) is 10.2 Å². The van der Waals surface area contributed by atoms with Crippen LogP contribution in [0.3, 0.4) is 0 Å². The number of hydrogen-bond acceptors (Lipinski definition) is 7. The van der Waals surface area contributed by atoms with Crippen LogP contribution in [0, 0.1) is 0 Å². The van der Waals surface area contributed by atoms with Crippen LogP contribution in [-0.4, -0.2) is 30.3 Å². The smallest absolute Gasteiger partial charge is 0.322 e. The van der Waals surface area contributed by atoms with Crippen molar-refractivity contribution in [2.75, 3.05) is 11.1 Å². The summed E-state index contributed by atoms with van der Waals surface area (Å²) in [7, 11) is -3.55. The lowest BCUT2D eigenvalue weighted by Gasteiger charge is -2.07. The molecule has 0 atom stereocenters. The first kappa shape index (κ1) is 17.4. The first-order valence-corrected chi connectivity index (χ1v) is 9.57. The van der Waals surface area contributed by atoms with Gasteiger partial charge in [-0.15, -0.1) is 5.10 Å². The molecule has 0 saturated carbocycles. The van der Waals surface area contributed by atoms with E-state index in [1.807, 2.05) is 0 Å². The van der Waals surface area contributed by atoms with E-state index in [0.29, 0.717) is 10.4 Å². The summed E-state index contributed by atoms with van der Waals surface area (Å²) in [4.78, 5) is 12.4. The molecule has 0 radical (unpaired) electrons. The molecule has 0 spiro atoms. The van der Waals surface area contributed by atoms with Gasteiger partial charge in [-0.05, 0) is 40.2 Å². The Hall–Kier alpha value is -2.46. The minimum Gasteiger partial charge on any atom is -0.444 e. The second-order valence-electron chi connectivity index (χ2n) is 4.87. The largest absolute Gasteiger partial charge is 0.444 e. The monoisotopic (exact) mass is 425 g/mol. The molecule has 130 valence electrons. The lowest BCUT2D eigenvalue weighted by atomic mass is 10.2. The third kappa shape index (κ3) is 3.64. The van der Waals surface area contributed by atoms with Crippen molar-refractivity contribution in [1.29, 1.82) is 0 Å². The molecule has 0 aliphatic rings. The zero-order valence-corrected chi connectivity index (χ0v) is 15.3. The Bertz CT molecular complexity index is 1030. The van der Waals surface area contributed by atoms with Crippen LogP contribution in [0.4, 0.5) is 6.01 Å². The highest BCUT2D eigenvalue weighted by Gasteiger charge is 2.22. The highest BCUT2D eigenvalue weighted by Crippen LogP contribution is 2.25. The molecular weight excluding hydrogens is 414 g/mol. The quantitative estimate of drug-likeness (QED) is 0.667. The van der Waals surface area contributed by atoms with Gasteiger partial charge in [0.25, 0.3) is 11.8 Å². The molecule has 3 rings (SSSR count). The van der Waals surface area contributed by atoms with E-state index in [9.17, 15) is 13.2 Å². The average Bonchev–Trinajstić information content (AvgIpc) is 3.23. The van der Waals surface area contributed by atoms with Gasteiger partial charge in [-0.25, -0.2) is 8.42 Å². The first-order chi connectivity index (χ1) is 11.9. The van der Waals surface area contributed by atoms with Crippen LogP contribution >= 0.6 is 15.9 Å². The molecule has 1 aromatic carbocycles. The zero-order chi connectivity index (χ0) is 18.0. The first-order valence-electron chi connectivity index (χ1n) is 7.13. The number of rotatable bonds is 5.